The molecule has 0 spiro atoms. The lowest BCUT2D eigenvalue weighted by molar-refractivity contribution is -0.147. The lowest BCUT2D eigenvalue weighted by Crippen LogP contribution is -2.42. The van der Waals surface area contributed by atoms with E-state index < -0.39 is 17.9 Å². The Bertz CT molecular complexity index is 509. The monoisotopic (exact) mass is 293 g/mol. The number of ketones is 1. The number of carbonyl (C=O) groups is 3. The van der Waals surface area contributed by atoms with Gasteiger partial charge in [-0.25, -0.2) is 4.79 Å². The van der Waals surface area contributed by atoms with Crippen molar-refractivity contribution in [1.82, 2.24) is 5.32 Å². The van der Waals surface area contributed by atoms with Crippen molar-refractivity contribution >= 4 is 17.7 Å². The molecule has 0 aromatic heterocycles. The summed E-state index contributed by atoms with van der Waals surface area (Å²) in [6.07, 6.45) is -0.148. The molecule has 1 atom stereocenters. The number of esters is 1. The van der Waals surface area contributed by atoms with E-state index in [9.17, 15) is 14.4 Å². The van der Waals surface area contributed by atoms with Crippen LogP contribution >= 0.6 is 0 Å². The molecule has 0 aliphatic carbocycles. The lowest BCUT2D eigenvalue weighted by atomic mass is 10.0. The zero-order valence-corrected chi connectivity index (χ0v) is 12.3. The highest BCUT2D eigenvalue weighted by molar-refractivity contribution is 5.99. The van der Waals surface area contributed by atoms with Gasteiger partial charge < -0.3 is 14.8 Å². The third-order valence-electron chi connectivity index (χ3n) is 2.75. The van der Waals surface area contributed by atoms with Gasteiger partial charge >= 0.3 is 5.97 Å². The summed E-state index contributed by atoms with van der Waals surface area (Å²) in [7, 11) is 1.53. The van der Waals surface area contributed by atoms with E-state index in [0.717, 1.165) is 0 Å². The van der Waals surface area contributed by atoms with E-state index in [1.165, 1.54) is 14.0 Å². The fourth-order valence-electron chi connectivity index (χ4n) is 1.76. The molecule has 0 unspecified atom stereocenters. The van der Waals surface area contributed by atoms with Crippen molar-refractivity contribution in [3.63, 3.8) is 0 Å². The second kappa shape index (κ2) is 8.04. The molecule has 0 heterocycles. The molecule has 6 nitrogen and oxygen atoms in total. The highest BCUT2D eigenvalue weighted by atomic mass is 16.5. The smallest absolute Gasteiger partial charge is 0.329 e. The molecule has 0 fully saturated rings. The summed E-state index contributed by atoms with van der Waals surface area (Å²) >= 11 is 0. The van der Waals surface area contributed by atoms with Gasteiger partial charge in [0.05, 0.1) is 13.7 Å². The largest absolute Gasteiger partial charge is 0.497 e. The summed E-state index contributed by atoms with van der Waals surface area (Å²) in [4.78, 5) is 35.0. The summed E-state index contributed by atoms with van der Waals surface area (Å²) in [6, 6.07) is 5.56. The van der Waals surface area contributed by atoms with Crippen LogP contribution in [0.1, 0.15) is 30.6 Å². The predicted molar refractivity (Wildman–Crippen MR) is 76.2 cm³/mol. The van der Waals surface area contributed by atoms with Crippen LogP contribution in [0.25, 0.3) is 0 Å². The van der Waals surface area contributed by atoms with Crippen molar-refractivity contribution in [2.75, 3.05) is 13.7 Å². The van der Waals surface area contributed by atoms with Crippen LogP contribution in [0.4, 0.5) is 0 Å². The zero-order chi connectivity index (χ0) is 15.8. The molecule has 0 bridgehead atoms. The summed E-state index contributed by atoms with van der Waals surface area (Å²) in [5.74, 6) is -0.634. The summed E-state index contributed by atoms with van der Waals surface area (Å²) in [6.45, 7) is 3.13. The third-order valence-corrected chi connectivity index (χ3v) is 2.75. The summed E-state index contributed by atoms with van der Waals surface area (Å²) in [5, 5.41) is 2.43. The van der Waals surface area contributed by atoms with Crippen LogP contribution in [0.5, 0.6) is 5.75 Å². The van der Waals surface area contributed by atoms with E-state index in [0.29, 0.717) is 11.3 Å². The maximum absolute atomic E-state index is 12.1. The van der Waals surface area contributed by atoms with Gasteiger partial charge in [-0.15, -0.1) is 0 Å². The van der Waals surface area contributed by atoms with Gasteiger partial charge in [0.2, 0.25) is 5.91 Å². The first-order chi connectivity index (χ1) is 9.97. The van der Waals surface area contributed by atoms with E-state index >= 15 is 0 Å². The minimum Gasteiger partial charge on any atom is -0.497 e. The number of methoxy groups -OCH3 is 1. The van der Waals surface area contributed by atoms with E-state index in [-0.39, 0.29) is 18.8 Å². The Morgan fingerprint density at radius 3 is 2.29 bits per heavy atom. The number of Topliss-reactive ketones (excluding diaryl/α,β-unsaturated/α-hetero) is 1. The minimum absolute atomic E-state index is 0.148. The number of rotatable bonds is 7. The normalized spacial score (nSPS) is 11.4. The molecular formula is C15H19NO5. The topological polar surface area (TPSA) is 81.7 Å². The molecule has 6 heteroatoms. The number of hydrogen-bond donors (Lipinski definition) is 1. The quantitative estimate of drug-likeness (QED) is 0.606. The predicted octanol–water partition coefficient (Wildman–Crippen LogP) is 1.34. The first-order valence-electron chi connectivity index (χ1n) is 6.59. The number of hydrogen-bond acceptors (Lipinski definition) is 5. The number of amides is 1. The molecule has 21 heavy (non-hydrogen) atoms. The molecular weight excluding hydrogens is 274 g/mol. The van der Waals surface area contributed by atoms with Gasteiger partial charge in [-0.05, 0) is 31.2 Å². The van der Waals surface area contributed by atoms with Crippen molar-refractivity contribution in [3.05, 3.63) is 29.8 Å². The van der Waals surface area contributed by atoms with Crippen molar-refractivity contribution in [2.24, 2.45) is 0 Å². The Morgan fingerprint density at radius 2 is 1.81 bits per heavy atom. The van der Waals surface area contributed by atoms with Crippen LogP contribution in [0, 0.1) is 0 Å². The third kappa shape index (κ3) is 5.25. The molecule has 0 aliphatic rings. The molecule has 0 saturated heterocycles. The Balaban J connectivity index is 2.78. The SMILES string of the molecule is CCOC(=O)[C@H](CC(=O)c1ccc(OC)cc1)NC(C)=O. The molecule has 114 valence electrons. The molecule has 1 amide bonds. The minimum atomic E-state index is -0.975. The van der Waals surface area contributed by atoms with Crippen molar-refractivity contribution in [2.45, 2.75) is 26.3 Å². The van der Waals surface area contributed by atoms with Gasteiger partial charge in [0.25, 0.3) is 0 Å². The average Bonchev–Trinajstić information content (AvgIpc) is 2.46. The van der Waals surface area contributed by atoms with E-state index in [2.05, 4.69) is 5.32 Å². The molecule has 1 aromatic carbocycles. The Kier molecular flexibility index (Phi) is 6.39. The molecule has 1 N–H and O–H groups in total. The number of nitrogens with one attached hydrogen (secondary N) is 1. The van der Waals surface area contributed by atoms with Crippen LogP contribution in [0.3, 0.4) is 0 Å². The average molecular weight is 293 g/mol. The maximum Gasteiger partial charge on any atom is 0.329 e. The molecule has 0 saturated carbocycles. The lowest BCUT2D eigenvalue weighted by Gasteiger charge is -2.15. The Hall–Kier alpha value is -2.37. The highest BCUT2D eigenvalue weighted by Gasteiger charge is 2.24. The van der Waals surface area contributed by atoms with Gasteiger partial charge in [0.15, 0.2) is 5.78 Å². The number of benzene rings is 1. The van der Waals surface area contributed by atoms with Crippen LogP contribution in [-0.2, 0) is 14.3 Å². The highest BCUT2D eigenvalue weighted by Crippen LogP contribution is 2.13. The van der Waals surface area contributed by atoms with Crippen molar-refractivity contribution in [3.8, 4) is 5.75 Å². The fraction of sp³-hybridized carbons (Fsp3) is 0.400. The fourth-order valence-corrected chi connectivity index (χ4v) is 1.76. The van der Waals surface area contributed by atoms with Gasteiger partial charge in [0.1, 0.15) is 11.8 Å². The van der Waals surface area contributed by atoms with Crippen LogP contribution in [-0.4, -0.2) is 37.4 Å². The zero-order valence-electron chi connectivity index (χ0n) is 12.3. The first kappa shape index (κ1) is 16.7. The van der Waals surface area contributed by atoms with Crippen LogP contribution < -0.4 is 10.1 Å². The summed E-state index contributed by atoms with van der Waals surface area (Å²) < 4.78 is 9.86. The van der Waals surface area contributed by atoms with Gasteiger partial charge in [-0.1, -0.05) is 0 Å². The molecule has 1 rings (SSSR count). The second-order valence-electron chi connectivity index (χ2n) is 4.36. The van der Waals surface area contributed by atoms with E-state index in [1.807, 2.05) is 0 Å². The number of ether oxygens (including phenoxy) is 2. The number of carbonyl (C=O) groups excluding carboxylic acids is 3. The Labute approximate surface area is 123 Å². The van der Waals surface area contributed by atoms with Gasteiger partial charge in [0, 0.05) is 18.9 Å². The molecule has 0 radical (unpaired) electrons. The molecule has 1 aromatic rings. The van der Waals surface area contributed by atoms with Gasteiger partial charge in [-0.3, -0.25) is 9.59 Å². The second-order valence-corrected chi connectivity index (χ2v) is 4.36. The van der Waals surface area contributed by atoms with E-state index in [4.69, 9.17) is 9.47 Å². The summed E-state index contributed by atoms with van der Waals surface area (Å²) in [5.41, 5.74) is 0.440. The standard InChI is InChI=1S/C15H19NO5/c1-4-21-15(19)13(16-10(2)17)9-14(18)11-5-7-12(20-3)8-6-11/h5-8,13H,4,9H2,1-3H3,(H,16,17)/t13-/m0/s1. The van der Waals surface area contributed by atoms with Crippen molar-refractivity contribution < 1.29 is 23.9 Å². The maximum atomic E-state index is 12.1. The van der Waals surface area contributed by atoms with Crippen LogP contribution in [0.15, 0.2) is 24.3 Å². The van der Waals surface area contributed by atoms with E-state index in [1.54, 1.807) is 31.2 Å². The van der Waals surface area contributed by atoms with Crippen LogP contribution in [0.2, 0.25) is 0 Å². The molecule has 0 aliphatic heterocycles. The first-order valence-corrected chi connectivity index (χ1v) is 6.59. The van der Waals surface area contributed by atoms with Crippen molar-refractivity contribution in [1.29, 1.82) is 0 Å². The van der Waals surface area contributed by atoms with Gasteiger partial charge in [-0.2, -0.15) is 0 Å². The Morgan fingerprint density at radius 1 is 1.19 bits per heavy atom.